The number of hydrogen-bond donors (Lipinski definition) is 0. The number of ether oxygens (including phenoxy) is 1. The van der Waals surface area contributed by atoms with Crippen LogP contribution in [0.3, 0.4) is 0 Å². The first kappa shape index (κ1) is 14.1. The lowest BCUT2D eigenvalue weighted by molar-refractivity contribution is 0.0983. The predicted molar refractivity (Wildman–Crippen MR) is 67.3 cm³/mol. The maximum Gasteiger partial charge on any atom is 0.173 e. The first-order chi connectivity index (χ1) is 9.52. The van der Waals surface area contributed by atoms with E-state index in [4.69, 9.17) is 4.74 Å². The van der Waals surface area contributed by atoms with Gasteiger partial charge in [0, 0.05) is 18.6 Å². The van der Waals surface area contributed by atoms with E-state index in [1.165, 1.54) is 25.3 Å². The summed E-state index contributed by atoms with van der Waals surface area (Å²) in [6.07, 6.45) is -0.410. The van der Waals surface area contributed by atoms with Gasteiger partial charge >= 0.3 is 0 Å². The normalized spacial score (nSPS) is 10.4. The van der Waals surface area contributed by atoms with Crippen LogP contribution in [0.5, 0.6) is 5.75 Å². The molecule has 0 aliphatic rings. The molecule has 0 saturated heterocycles. The van der Waals surface area contributed by atoms with Gasteiger partial charge < -0.3 is 4.74 Å². The van der Waals surface area contributed by atoms with Crippen molar-refractivity contribution >= 4 is 5.78 Å². The predicted octanol–water partition coefficient (Wildman–Crippen LogP) is 3.54. The molecule has 0 unspecified atom stereocenters. The van der Waals surface area contributed by atoms with E-state index in [9.17, 15) is 18.0 Å². The minimum Gasteiger partial charge on any atom is -0.497 e. The van der Waals surface area contributed by atoms with Gasteiger partial charge in [0.2, 0.25) is 0 Å². The second kappa shape index (κ2) is 5.77. The highest BCUT2D eigenvalue weighted by Gasteiger charge is 2.20. The van der Waals surface area contributed by atoms with Crippen molar-refractivity contribution < 1.29 is 22.7 Å². The second-order valence-electron chi connectivity index (χ2n) is 4.16. The molecule has 0 atom stereocenters. The number of hydrogen-bond acceptors (Lipinski definition) is 2. The zero-order valence-electron chi connectivity index (χ0n) is 10.6. The third-order valence-electron chi connectivity index (χ3n) is 2.84. The van der Waals surface area contributed by atoms with Gasteiger partial charge in [-0.2, -0.15) is 0 Å². The monoisotopic (exact) mass is 280 g/mol. The van der Waals surface area contributed by atoms with Crippen molar-refractivity contribution in [3.8, 4) is 5.75 Å². The Balaban J connectivity index is 2.33. The summed E-state index contributed by atoms with van der Waals surface area (Å²) < 4.78 is 45.6. The van der Waals surface area contributed by atoms with Crippen molar-refractivity contribution in [2.75, 3.05) is 7.11 Å². The summed E-state index contributed by atoms with van der Waals surface area (Å²) in [6, 6.07) is 7.43. The van der Waals surface area contributed by atoms with Gasteiger partial charge in [-0.25, -0.2) is 13.2 Å². The first-order valence-electron chi connectivity index (χ1n) is 5.82. The summed E-state index contributed by atoms with van der Waals surface area (Å²) in [5.74, 6) is -3.49. The van der Waals surface area contributed by atoms with Crippen molar-refractivity contribution in [1.29, 1.82) is 0 Å². The average Bonchev–Trinajstić information content (AvgIpc) is 2.40. The molecule has 2 aromatic rings. The van der Waals surface area contributed by atoms with Crippen molar-refractivity contribution in [2.45, 2.75) is 6.42 Å². The minimum atomic E-state index is -1.02. The van der Waals surface area contributed by atoms with Crippen LogP contribution in [0.1, 0.15) is 15.9 Å². The molecule has 0 aromatic heterocycles. The number of carbonyl (C=O) groups is 1. The van der Waals surface area contributed by atoms with Crippen LogP contribution >= 0.6 is 0 Å². The van der Waals surface area contributed by atoms with Crippen molar-refractivity contribution in [2.24, 2.45) is 0 Å². The van der Waals surface area contributed by atoms with Gasteiger partial charge in [-0.3, -0.25) is 4.79 Å². The van der Waals surface area contributed by atoms with Crippen LogP contribution in [0.2, 0.25) is 0 Å². The fraction of sp³-hybridized carbons (Fsp3) is 0.133. The molecule has 5 heteroatoms. The Labute approximate surface area is 113 Å². The average molecular weight is 280 g/mol. The minimum absolute atomic E-state index is 0.0255. The third-order valence-corrected chi connectivity index (χ3v) is 2.84. The number of methoxy groups -OCH3 is 1. The summed E-state index contributed by atoms with van der Waals surface area (Å²) in [5, 5.41) is 0. The number of ketones is 1. The molecule has 0 saturated carbocycles. The molecule has 20 heavy (non-hydrogen) atoms. The Hall–Kier alpha value is -2.30. The lowest BCUT2D eigenvalue weighted by Crippen LogP contribution is -2.10. The van der Waals surface area contributed by atoms with E-state index in [0.29, 0.717) is 0 Å². The van der Waals surface area contributed by atoms with Gasteiger partial charge in [-0.05, 0) is 11.6 Å². The number of Topliss-reactive ketones (excluding diaryl/α,β-unsaturated/α-hetero) is 1. The maximum atomic E-state index is 13.7. The van der Waals surface area contributed by atoms with E-state index in [2.05, 4.69) is 0 Å². The maximum absolute atomic E-state index is 13.7. The molecule has 0 amide bonds. The molecule has 2 nitrogen and oxygen atoms in total. The third kappa shape index (κ3) is 2.82. The standard InChI is InChI=1S/C15H11F3O2/c1-20-10-7-12(17)15(13(18)8-10)14(19)6-9-4-2-3-5-11(9)16/h2-5,7-8H,6H2,1H3. The van der Waals surface area contributed by atoms with Crippen LogP contribution < -0.4 is 4.74 Å². The first-order valence-corrected chi connectivity index (χ1v) is 5.82. The van der Waals surface area contributed by atoms with Crippen LogP contribution in [0.4, 0.5) is 13.2 Å². The lowest BCUT2D eigenvalue weighted by atomic mass is 10.0. The Morgan fingerprint density at radius 1 is 1.05 bits per heavy atom. The van der Waals surface area contributed by atoms with Crippen molar-refractivity contribution in [1.82, 2.24) is 0 Å². The molecule has 0 spiro atoms. The second-order valence-corrected chi connectivity index (χ2v) is 4.16. The number of carbonyl (C=O) groups excluding carboxylic acids is 1. The largest absolute Gasteiger partial charge is 0.497 e. The van der Waals surface area contributed by atoms with Gasteiger partial charge in [0.15, 0.2) is 5.78 Å². The van der Waals surface area contributed by atoms with Crippen LogP contribution in [0, 0.1) is 17.5 Å². The summed E-state index contributed by atoms with van der Waals surface area (Å²) >= 11 is 0. The van der Waals surface area contributed by atoms with E-state index >= 15 is 0 Å². The highest BCUT2D eigenvalue weighted by Crippen LogP contribution is 2.22. The molecule has 104 valence electrons. The molecule has 2 rings (SSSR count). The molecule has 0 N–H and O–H groups in total. The smallest absolute Gasteiger partial charge is 0.173 e. The van der Waals surface area contributed by atoms with Crippen molar-refractivity contribution in [3.63, 3.8) is 0 Å². The highest BCUT2D eigenvalue weighted by molar-refractivity contribution is 5.98. The molecule has 0 aliphatic heterocycles. The quantitative estimate of drug-likeness (QED) is 0.801. The van der Waals surface area contributed by atoms with E-state index in [-0.39, 0.29) is 11.3 Å². The Kier molecular flexibility index (Phi) is 4.08. The molecule has 0 radical (unpaired) electrons. The highest BCUT2D eigenvalue weighted by atomic mass is 19.1. The summed E-state index contributed by atoms with van der Waals surface area (Å²) in [4.78, 5) is 11.9. The Morgan fingerprint density at radius 2 is 1.65 bits per heavy atom. The van der Waals surface area contributed by atoms with Crippen LogP contribution in [0.25, 0.3) is 0 Å². The van der Waals surface area contributed by atoms with E-state index in [1.54, 1.807) is 6.07 Å². The summed E-state index contributed by atoms with van der Waals surface area (Å²) in [7, 11) is 1.26. The molecular weight excluding hydrogens is 269 g/mol. The molecule has 0 heterocycles. The van der Waals surface area contributed by atoms with Crippen LogP contribution in [-0.2, 0) is 6.42 Å². The Bertz CT molecular complexity index is 630. The number of halogens is 3. The number of rotatable bonds is 4. The fourth-order valence-electron chi connectivity index (χ4n) is 1.84. The zero-order chi connectivity index (χ0) is 14.7. The molecule has 2 aromatic carbocycles. The van der Waals surface area contributed by atoms with Gasteiger partial charge in [0.25, 0.3) is 0 Å². The number of benzene rings is 2. The molecule has 0 bridgehead atoms. The van der Waals surface area contributed by atoms with E-state index in [0.717, 1.165) is 12.1 Å². The summed E-state index contributed by atoms with van der Waals surface area (Å²) in [5.41, 5.74) is -0.596. The van der Waals surface area contributed by atoms with E-state index in [1.807, 2.05) is 0 Å². The molecule has 0 aliphatic carbocycles. The summed E-state index contributed by atoms with van der Waals surface area (Å²) in [6.45, 7) is 0. The van der Waals surface area contributed by atoms with Gasteiger partial charge in [0.05, 0.1) is 12.7 Å². The van der Waals surface area contributed by atoms with Crippen LogP contribution in [-0.4, -0.2) is 12.9 Å². The van der Waals surface area contributed by atoms with Gasteiger partial charge in [-0.1, -0.05) is 18.2 Å². The van der Waals surface area contributed by atoms with Gasteiger partial charge in [-0.15, -0.1) is 0 Å². The molecular formula is C15H11F3O2. The van der Waals surface area contributed by atoms with E-state index < -0.39 is 35.2 Å². The molecule has 0 fully saturated rings. The lowest BCUT2D eigenvalue weighted by Gasteiger charge is -2.07. The topological polar surface area (TPSA) is 26.3 Å². The Morgan fingerprint density at radius 3 is 2.20 bits per heavy atom. The van der Waals surface area contributed by atoms with Crippen molar-refractivity contribution in [3.05, 3.63) is 65.0 Å². The zero-order valence-corrected chi connectivity index (χ0v) is 10.6. The van der Waals surface area contributed by atoms with Gasteiger partial charge in [0.1, 0.15) is 23.2 Å². The van der Waals surface area contributed by atoms with Crippen LogP contribution in [0.15, 0.2) is 36.4 Å². The SMILES string of the molecule is COc1cc(F)c(C(=O)Cc2ccccc2F)c(F)c1. The fourth-order valence-corrected chi connectivity index (χ4v) is 1.84.